The molecule has 2 nitrogen and oxygen atoms in total. The molecule has 10 aromatic rings. The number of benzene rings is 9. The number of nitrogens with zero attached hydrogens (tertiary/aromatic N) is 1. The smallest absolute Gasteiger partial charge is 0.143 e. The lowest BCUT2D eigenvalue weighted by Crippen LogP contribution is -2.32. The Labute approximate surface area is 374 Å². The highest BCUT2D eigenvalue weighted by molar-refractivity contribution is 6.19. The summed E-state index contributed by atoms with van der Waals surface area (Å²) in [6.45, 7) is 4.81. The zero-order valence-electron chi connectivity index (χ0n) is 36.2. The van der Waals surface area contributed by atoms with Gasteiger partial charge < -0.3 is 9.32 Å². The molecule has 3 unspecified atom stereocenters. The van der Waals surface area contributed by atoms with Crippen LogP contribution >= 0.6 is 0 Å². The molecule has 2 heteroatoms. The standard InChI is InChI=1S/C62H47NO/c1-61(2)53-24-8-5-19-47(53)50-22-12-23-51(59(50)61)49-20-7-10-26-56(49)63(43-31-33-48-46-18-6-9-25-54(46)62(55(48)36-43)37-38-28-30-41(62)34-38)42-16-11-15-40(35-42)44-21-13-27-57-58(44)52-32-29-39-14-3-4-17-45(39)60(52)64-57/h3-27,29,31-33,35-36,38,41H,28,30,34,37H2,1-2H3. The number of hydrogen-bond donors (Lipinski definition) is 0. The maximum Gasteiger partial charge on any atom is 0.143 e. The molecule has 0 saturated heterocycles. The van der Waals surface area contributed by atoms with Gasteiger partial charge in [-0.25, -0.2) is 0 Å². The quantitative estimate of drug-likeness (QED) is 0.172. The van der Waals surface area contributed by atoms with Crippen LogP contribution in [0.3, 0.4) is 0 Å². The second kappa shape index (κ2) is 13.2. The summed E-state index contributed by atoms with van der Waals surface area (Å²) < 4.78 is 6.71. The summed E-state index contributed by atoms with van der Waals surface area (Å²) >= 11 is 0. The highest BCUT2D eigenvalue weighted by Crippen LogP contribution is 2.66. The van der Waals surface area contributed by atoms with Crippen molar-refractivity contribution in [1.29, 1.82) is 0 Å². The van der Waals surface area contributed by atoms with Gasteiger partial charge in [0.1, 0.15) is 11.2 Å². The van der Waals surface area contributed by atoms with Crippen LogP contribution in [-0.2, 0) is 10.8 Å². The zero-order valence-corrected chi connectivity index (χ0v) is 36.2. The average molecular weight is 822 g/mol. The van der Waals surface area contributed by atoms with E-state index >= 15 is 0 Å². The first-order chi connectivity index (χ1) is 31.5. The summed E-state index contributed by atoms with van der Waals surface area (Å²) in [6.07, 6.45) is 5.28. The van der Waals surface area contributed by atoms with E-state index in [1.165, 1.54) is 98.1 Å². The predicted molar refractivity (Wildman–Crippen MR) is 266 cm³/mol. The second-order valence-corrected chi connectivity index (χ2v) is 19.6. The van der Waals surface area contributed by atoms with Crippen LogP contribution in [0.15, 0.2) is 192 Å². The van der Waals surface area contributed by atoms with Gasteiger partial charge in [-0.15, -0.1) is 0 Å². The maximum absolute atomic E-state index is 6.71. The van der Waals surface area contributed by atoms with Crippen LogP contribution in [0.2, 0.25) is 0 Å². The molecular weight excluding hydrogens is 775 g/mol. The molecule has 14 rings (SSSR count). The number of fused-ring (bicyclic) bond motifs is 16. The van der Waals surface area contributed by atoms with Crippen molar-refractivity contribution in [2.75, 3.05) is 4.90 Å². The van der Waals surface area contributed by atoms with Gasteiger partial charge in [-0.3, -0.25) is 0 Å². The van der Waals surface area contributed by atoms with Crippen molar-refractivity contribution in [2.45, 2.75) is 50.4 Å². The normalized spacial score (nSPS) is 19.7. The van der Waals surface area contributed by atoms with Gasteiger partial charge in [0.2, 0.25) is 0 Å². The lowest BCUT2D eigenvalue weighted by atomic mass is 9.67. The Bertz CT molecular complexity index is 3590. The monoisotopic (exact) mass is 821 g/mol. The third-order valence-corrected chi connectivity index (χ3v) is 16.1. The minimum atomic E-state index is -0.161. The van der Waals surface area contributed by atoms with E-state index in [2.05, 4.69) is 207 Å². The predicted octanol–water partition coefficient (Wildman–Crippen LogP) is 16.9. The fourth-order valence-corrected chi connectivity index (χ4v) is 13.5. The molecule has 0 amide bonds. The Morgan fingerprint density at radius 3 is 2.02 bits per heavy atom. The molecule has 2 bridgehead atoms. The summed E-state index contributed by atoms with van der Waals surface area (Å²) in [7, 11) is 0. The first-order valence-electron chi connectivity index (χ1n) is 23.3. The molecule has 2 fully saturated rings. The molecule has 4 aliphatic carbocycles. The molecule has 2 saturated carbocycles. The zero-order chi connectivity index (χ0) is 42.3. The molecule has 0 N–H and O–H groups in total. The molecule has 64 heavy (non-hydrogen) atoms. The van der Waals surface area contributed by atoms with E-state index in [0.29, 0.717) is 5.92 Å². The topological polar surface area (TPSA) is 16.4 Å². The summed E-state index contributed by atoms with van der Waals surface area (Å²) in [5.41, 5.74) is 21.5. The Balaban J connectivity index is 1.00. The van der Waals surface area contributed by atoms with Crippen molar-refractivity contribution >= 4 is 49.8 Å². The van der Waals surface area contributed by atoms with Crippen molar-refractivity contribution in [2.24, 2.45) is 11.8 Å². The summed E-state index contributed by atoms with van der Waals surface area (Å²) in [6, 6.07) is 70.7. The Hall–Kier alpha value is -7.16. The molecule has 9 aromatic carbocycles. The van der Waals surface area contributed by atoms with Gasteiger partial charge in [0.15, 0.2) is 0 Å². The second-order valence-electron chi connectivity index (χ2n) is 19.6. The molecule has 4 aliphatic rings. The van der Waals surface area contributed by atoms with Crippen molar-refractivity contribution in [1.82, 2.24) is 0 Å². The fourth-order valence-electron chi connectivity index (χ4n) is 13.5. The van der Waals surface area contributed by atoms with Crippen LogP contribution in [0.1, 0.15) is 61.8 Å². The van der Waals surface area contributed by atoms with Crippen LogP contribution in [0.25, 0.3) is 77.2 Å². The third-order valence-electron chi connectivity index (χ3n) is 16.1. The summed E-state index contributed by atoms with van der Waals surface area (Å²) in [5.74, 6) is 1.48. The van der Waals surface area contributed by atoms with Crippen LogP contribution in [0.5, 0.6) is 0 Å². The van der Waals surface area contributed by atoms with E-state index in [-0.39, 0.29) is 10.8 Å². The van der Waals surface area contributed by atoms with Gasteiger partial charge in [-0.2, -0.15) is 0 Å². The lowest BCUT2D eigenvalue weighted by Gasteiger charge is -2.37. The van der Waals surface area contributed by atoms with Gasteiger partial charge in [0, 0.05) is 43.9 Å². The first kappa shape index (κ1) is 36.3. The highest BCUT2D eigenvalue weighted by atomic mass is 16.3. The van der Waals surface area contributed by atoms with E-state index < -0.39 is 0 Å². The van der Waals surface area contributed by atoms with E-state index in [1.807, 2.05) is 0 Å². The maximum atomic E-state index is 6.71. The minimum Gasteiger partial charge on any atom is -0.455 e. The third kappa shape index (κ3) is 4.86. The first-order valence-corrected chi connectivity index (χ1v) is 23.3. The van der Waals surface area contributed by atoms with Crippen molar-refractivity contribution in [3.05, 3.63) is 210 Å². The van der Waals surface area contributed by atoms with E-state index in [4.69, 9.17) is 4.42 Å². The molecule has 1 aromatic heterocycles. The van der Waals surface area contributed by atoms with Crippen LogP contribution in [0.4, 0.5) is 17.1 Å². The summed E-state index contributed by atoms with van der Waals surface area (Å²) in [4.78, 5) is 2.57. The van der Waals surface area contributed by atoms with E-state index in [9.17, 15) is 0 Å². The van der Waals surface area contributed by atoms with Gasteiger partial charge in [0.25, 0.3) is 0 Å². The number of rotatable bonds is 5. The highest BCUT2D eigenvalue weighted by Gasteiger charge is 2.56. The molecule has 0 radical (unpaired) electrons. The minimum absolute atomic E-state index is 0.0656. The SMILES string of the molecule is CC1(C)c2ccccc2-c2cccc(-c3ccccc3N(c3cccc(-c4cccc5oc6c7ccccc7ccc6c45)c3)c3ccc4c(c3)C3(CC5CCC3C5)c3ccccc3-4)c21. The van der Waals surface area contributed by atoms with Gasteiger partial charge in [-0.05, 0) is 140 Å². The van der Waals surface area contributed by atoms with Crippen molar-refractivity contribution < 1.29 is 4.42 Å². The largest absolute Gasteiger partial charge is 0.455 e. The Kier molecular flexibility index (Phi) is 7.49. The number of anilines is 3. The van der Waals surface area contributed by atoms with Gasteiger partial charge >= 0.3 is 0 Å². The van der Waals surface area contributed by atoms with Crippen molar-refractivity contribution in [3.63, 3.8) is 0 Å². The van der Waals surface area contributed by atoms with Crippen LogP contribution in [0, 0.1) is 11.8 Å². The Morgan fingerprint density at radius 1 is 0.500 bits per heavy atom. The van der Waals surface area contributed by atoms with Crippen LogP contribution in [-0.4, -0.2) is 0 Å². The Morgan fingerprint density at radius 2 is 1.17 bits per heavy atom. The number of para-hydroxylation sites is 1. The molecule has 1 spiro atoms. The number of hydrogen-bond acceptors (Lipinski definition) is 2. The average Bonchev–Trinajstić information content (AvgIpc) is 4.16. The van der Waals surface area contributed by atoms with Gasteiger partial charge in [0.05, 0.1) is 5.69 Å². The molecule has 1 heterocycles. The molecule has 3 atom stereocenters. The number of furan rings is 1. The van der Waals surface area contributed by atoms with Gasteiger partial charge in [-0.1, -0.05) is 166 Å². The summed E-state index contributed by atoms with van der Waals surface area (Å²) in [5, 5.41) is 4.63. The molecular formula is C62H47NO. The fraction of sp³-hybridized carbons (Fsp3) is 0.161. The molecule has 0 aliphatic heterocycles. The van der Waals surface area contributed by atoms with E-state index in [1.54, 1.807) is 5.56 Å². The van der Waals surface area contributed by atoms with E-state index in [0.717, 1.165) is 44.5 Å². The van der Waals surface area contributed by atoms with Crippen molar-refractivity contribution in [3.8, 4) is 44.5 Å². The lowest BCUT2D eigenvalue weighted by molar-refractivity contribution is 0.327. The molecule has 306 valence electrons. The van der Waals surface area contributed by atoms with Crippen LogP contribution < -0.4 is 4.90 Å².